The molecule has 1 N–H and O–H groups in total. The lowest BCUT2D eigenvalue weighted by Gasteiger charge is -2.28. The summed E-state index contributed by atoms with van der Waals surface area (Å²) in [5, 5.41) is 15.0. The SMILES string of the molecule is COc1c(Cl)ccc(Cl)c1C(=O)N1CCc2c(c(C(=O)O)nn2-c2ccc(Cl)cc2)C1. The van der Waals surface area contributed by atoms with E-state index in [1.54, 1.807) is 35.0 Å². The Morgan fingerprint density at radius 1 is 1.06 bits per heavy atom. The van der Waals surface area contributed by atoms with Gasteiger partial charge in [0.05, 0.1) is 35.1 Å². The number of benzene rings is 2. The first-order valence-electron chi connectivity index (χ1n) is 9.23. The van der Waals surface area contributed by atoms with Gasteiger partial charge in [0.1, 0.15) is 5.56 Å². The van der Waals surface area contributed by atoms with Crippen molar-refractivity contribution < 1.29 is 19.4 Å². The third-order valence-electron chi connectivity index (χ3n) is 5.10. The van der Waals surface area contributed by atoms with Gasteiger partial charge in [0, 0.05) is 23.6 Å². The van der Waals surface area contributed by atoms with Crippen LogP contribution in [0.4, 0.5) is 0 Å². The number of nitrogens with zero attached hydrogens (tertiary/aromatic N) is 3. The van der Waals surface area contributed by atoms with Crippen LogP contribution in [0.1, 0.15) is 32.1 Å². The van der Waals surface area contributed by atoms with Gasteiger partial charge in [0.25, 0.3) is 5.91 Å². The van der Waals surface area contributed by atoms with E-state index in [0.29, 0.717) is 29.2 Å². The van der Waals surface area contributed by atoms with Crippen LogP contribution in [0.3, 0.4) is 0 Å². The minimum Gasteiger partial charge on any atom is -0.494 e. The van der Waals surface area contributed by atoms with Crippen LogP contribution in [-0.4, -0.2) is 45.3 Å². The van der Waals surface area contributed by atoms with Gasteiger partial charge >= 0.3 is 5.97 Å². The number of carbonyl (C=O) groups is 2. The fraction of sp³-hybridized carbons (Fsp3) is 0.190. The van der Waals surface area contributed by atoms with Crippen molar-refractivity contribution in [2.45, 2.75) is 13.0 Å². The molecule has 31 heavy (non-hydrogen) atoms. The molecule has 2 aromatic carbocycles. The molecule has 0 spiro atoms. The Morgan fingerprint density at radius 3 is 2.39 bits per heavy atom. The Kier molecular flexibility index (Phi) is 5.83. The number of carbonyl (C=O) groups excluding carboxylic acids is 1. The largest absolute Gasteiger partial charge is 0.494 e. The van der Waals surface area contributed by atoms with Crippen LogP contribution >= 0.6 is 34.8 Å². The lowest BCUT2D eigenvalue weighted by Crippen LogP contribution is -2.37. The van der Waals surface area contributed by atoms with E-state index in [0.717, 1.165) is 5.69 Å². The van der Waals surface area contributed by atoms with Crippen molar-refractivity contribution in [3.63, 3.8) is 0 Å². The molecular weight excluding hydrogens is 465 g/mol. The number of carboxylic acids is 1. The molecule has 1 aromatic heterocycles. The Bertz CT molecular complexity index is 1190. The van der Waals surface area contributed by atoms with Gasteiger partial charge in [0.15, 0.2) is 11.4 Å². The summed E-state index contributed by atoms with van der Waals surface area (Å²) in [6, 6.07) is 10.0. The number of ether oxygens (including phenoxy) is 1. The number of carboxylic acid groups (broad SMARTS) is 1. The first kappa shape index (κ1) is 21.5. The van der Waals surface area contributed by atoms with Crippen LogP contribution < -0.4 is 4.74 Å². The monoisotopic (exact) mass is 479 g/mol. The van der Waals surface area contributed by atoms with Gasteiger partial charge in [-0.3, -0.25) is 4.79 Å². The third kappa shape index (κ3) is 3.84. The molecule has 0 fully saturated rings. The second kappa shape index (κ2) is 8.42. The number of methoxy groups -OCH3 is 1. The molecule has 0 saturated carbocycles. The van der Waals surface area contributed by atoms with E-state index in [-0.39, 0.29) is 33.6 Å². The van der Waals surface area contributed by atoms with Crippen LogP contribution in [0.5, 0.6) is 5.75 Å². The Labute approximate surface area is 192 Å². The van der Waals surface area contributed by atoms with Crippen molar-refractivity contribution in [2.24, 2.45) is 0 Å². The molecule has 3 aromatic rings. The van der Waals surface area contributed by atoms with E-state index >= 15 is 0 Å². The molecule has 1 amide bonds. The van der Waals surface area contributed by atoms with Crippen molar-refractivity contribution in [2.75, 3.05) is 13.7 Å². The maximum Gasteiger partial charge on any atom is 0.356 e. The first-order chi connectivity index (χ1) is 14.8. The van der Waals surface area contributed by atoms with E-state index in [2.05, 4.69) is 5.10 Å². The van der Waals surface area contributed by atoms with Crippen LogP contribution in [0.2, 0.25) is 15.1 Å². The Morgan fingerprint density at radius 2 is 1.74 bits per heavy atom. The molecule has 7 nitrogen and oxygen atoms in total. The summed E-state index contributed by atoms with van der Waals surface area (Å²) < 4.78 is 6.87. The molecule has 0 aliphatic carbocycles. The molecule has 0 radical (unpaired) electrons. The number of hydrogen-bond acceptors (Lipinski definition) is 4. The van der Waals surface area contributed by atoms with E-state index in [4.69, 9.17) is 39.5 Å². The van der Waals surface area contributed by atoms with Crippen molar-refractivity contribution >= 4 is 46.7 Å². The summed E-state index contributed by atoms with van der Waals surface area (Å²) in [5.41, 5.74) is 1.92. The molecule has 4 rings (SSSR count). The normalized spacial score (nSPS) is 13.1. The van der Waals surface area contributed by atoms with E-state index in [9.17, 15) is 14.7 Å². The minimum absolute atomic E-state index is 0.0649. The number of rotatable bonds is 4. The van der Waals surface area contributed by atoms with E-state index in [1.807, 2.05) is 0 Å². The fourth-order valence-corrected chi connectivity index (χ4v) is 4.24. The zero-order valence-corrected chi connectivity index (χ0v) is 18.5. The zero-order chi connectivity index (χ0) is 22.3. The van der Waals surface area contributed by atoms with Gasteiger partial charge in [-0.25, -0.2) is 9.48 Å². The van der Waals surface area contributed by atoms with Gasteiger partial charge < -0.3 is 14.7 Å². The number of aromatic nitrogens is 2. The van der Waals surface area contributed by atoms with Gasteiger partial charge in [-0.15, -0.1) is 0 Å². The number of halogens is 3. The number of aromatic carboxylic acids is 1. The molecular formula is C21H16Cl3N3O4. The second-order valence-corrected chi connectivity index (χ2v) is 8.13. The maximum absolute atomic E-state index is 13.3. The average molecular weight is 481 g/mol. The standard InChI is InChI=1S/C21H16Cl3N3O4/c1-31-19-15(24)7-6-14(23)17(19)20(28)26-9-8-16-13(10-26)18(21(29)30)25-27(16)12-4-2-11(22)3-5-12/h2-7H,8-10H2,1H3,(H,29,30). The van der Waals surface area contributed by atoms with Crippen LogP contribution in [0.25, 0.3) is 5.69 Å². The maximum atomic E-state index is 13.3. The Hall–Kier alpha value is -2.74. The van der Waals surface area contributed by atoms with Crippen molar-refractivity contribution in [3.8, 4) is 11.4 Å². The number of hydrogen-bond donors (Lipinski definition) is 1. The molecule has 1 aliphatic heterocycles. The van der Waals surface area contributed by atoms with E-state index < -0.39 is 11.9 Å². The molecule has 1 aliphatic rings. The van der Waals surface area contributed by atoms with Gasteiger partial charge in [-0.1, -0.05) is 34.8 Å². The van der Waals surface area contributed by atoms with Crippen molar-refractivity contribution in [3.05, 3.63) is 74.0 Å². The quantitative estimate of drug-likeness (QED) is 0.583. The molecule has 0 bridgehead atoms. The predicted molar refractivity (Wildman–Crippen MR) is 117 cm³/mol. The second-order valence-electron chi connectivity index (χ2n) is 6.88. The number of fused-ring (bicyclic) bond motifs is 1. The Balaban J connectivity index is 1.74. The summed E-state index contributed by atoms with van der Waals surface area (Å²) in [6.45, 7) is 0.408. The molecule has 160 valence electrons. The molecule has 0 atom stereocenters. The summed E-state index contributed by atoms with van der Waals surface area (Å²) in [6.07, 6.45) is 0.407. The zero-order valence-electron chi connectivity index (χ0n) is 16.2. The lowest BCUT2D eigenvalue weighted by molar-refractivity contribution is 0.0673. The summed E-state index contributed by atoms with van der Waals surface area (Å²) in [5.74, 6) is -1.39. The van der Waals surface area contributed by atoms with Crippen molar-refractivity contribution in [1.29, 1.82) is 0 Å². The van der Waals surface area contributed by atoms with Crippen LogP contribution in [0.15, 0.2) is 36.4 Å². The molecule has 0 saturated heterocycles. The smallest absolute Gasteiger partial charge is 0.356 e. The average Bonchev–Trinajstić information content (AvgIpc) is 3.14. The highest BCUT2D eigenvalue weighted by Gasteiger charge is 2.33. The highest BCUT2D eigenvalue weighted by Crippen LogP contribution is 2.36. The fourth-order valence-electron chi connectivity index (χ4n) is 3.65. The van der Waals surface area contributed by atoms with Crippen LogP contribution in [0, 0.1) is 0 Å². The molecule has 10 heteroatoms. The topological polar surface area (TPSA) is 84.7 Å². The van der Waals surface area contributed by atoms with Gasteiger partial charge in [0.2, 0.25) is 0 Å². The highest BCUT2D eigenvalue weighted by molar-refractivity contribution is 6.37. The highest BCUT2D eigenvalue weighted by atomic mass is 35.5. The van der Waals surface area contributed by atoms with Gasteiger partial charge in [-0.2, -0.15) is 5.10 Å². The molecule has 2 heterocycles. The predicted octanol–water partition coefficient (Wildman–Crippen LogP) is 4.74. The summed E-state index contributed by atoms with van der Waals surface area (Å²) >= 11 is 18.4. The summed E-state index contributed by atoms with van der Waals surface area (Å²) in [7, 11) is 1.40. The van der Waals surface area contributed by atoms with Crippen molar-refractivity contribution in [1.82, 2.24) is 14.7 Å². The first-order valence-corrected chi connectivity index (χ1v) is 10.4. The molecule has 0 unspecified atom stereocenters. The lowest BCUT2D eigenvalue weighted by atomic mass is 10.0. The van der Waals surface area contributed by atoms with E-state index in [1.165, 1.54) is 18.1 Å². The minimum atomic E-state index is -1.17. The van der Waals surface area contributed by atoms with Crippen LogP contribution in [-0.2, 0) is 13.0 Å². The van der Waals surface area contributed by atoms with Gasteiger partial charge in [-0.05, 0) is 36.4 Å². The number of amides is 1. The third-order valence-corrected chi connectivity index (χ3v) is 5.96. The summed E-state index contributed by atoms with van der Waals surface area (Å²) in [4.78, 5) is 26.6.